The van der Waals surface area contributed by atoms with Gasteiger partial charge in [-0.2, -0.15) is 0 Å². The van der Waals surface area contributed by atoms with Crippen LogP contribution in [0.15, 0.2) is 18.2 Å². The Labute approximate surface area is 127 Å². The SMILES string of the molecule is CCCC1(C(=O)O)CCN(C(=O)c2ccc(Cl)c(F)c2)C1. The highest BCUT2D eigenvalue weighted by Crippen LogP contribution is 2.36. The standard InChI is InChI=1S/C15H17ClFNO3/c1-2-5-15(14(20)21)6-7-18(9-15)13(19)10-3-4-11(16)12(17)8-10/h3-4,8H,2,5-7,9H2,1H3,(H,20,21). The normalized spacial score (nSPS) is 21.6. The lowest BCUT2D eigenvalue weighted by molar-refractivity contribution is -0.148. The van der Waals surface area contributed by atoms with Crippen LogP contribution in [-0.4, -0.2) is 35.0 Å². The highest BCUT2D eigenvalue weighted by molar-refractivity contribution is 6.30. The molecule has 0 radical (unpaired) electrons. The quantitative estimate of drug-likeness (QED) is 0.928. The second-order valence-corrected chi connectivity index (χ2v) is 5.85. The first-order valence-corrected chi connectivity index (χ1v) is 7.25. The van der Waals surface area contributed by atoms with Gasteiger partial charge in [0.25, 0.3) is 5.91 Å². The van der Waals surface area contributed by atoms with Crippen LogP contribution < -0.4 is 0 Å². The number of benzene rings is 1. The molecule has 0 spiro atoms. The van der Waals surface area contributed by atoms with Gasteiger partial charge in [0.2, 0.25) is 0 Å². The average Bonchev–Trinajstić information content (AvgIpc) is 2.87. The van der Waals surface area contributed by atoms with Gasteiger partial charge >= 0.3 is 5.97 Å². The van der Waals surface area contributed by atoms with E-state index in [9.17, 15) is 19.1 Å². The zero-order valence-electron chi connectivity index (χ0n) is 11.7. The van der Waals surface area contributed by atoms with Gasteiger partial charge in [-0.1, -0.05) is 24.9 Å². The molecule has 1 heterocycles. The maximum Gasteiger partial charge on any atom is 0.311 e. The number of hydrogen-bond acceptors (Lipinski definition) is 2. The average molecular weight is 314 g/mol. The number of aliphatic carboxylic acids is 1. The van der Waals surface area contributed by atoms with Crippen LogP contribution in [0.2, 0.25) is 5.02 Å². The zero-order valence-corrected chi connectivity index (χ0v) is 12.5. The van der Waals surface area contributed by atoms with Crippen molar-refractivity contribution < 1.29 is 19.1 Å². The summed E-state index contributed by atoms with van der Waals surface area (Å²) >= 11 is 5.60. The Morgan fingerprint density at radius 3 is 2.76 bits per heavy atom. The number of carboxylic acids is 1. The fourth-order valence-electron chi connectivity index (χ4n) is 2.82. The van der Waals surface area contributed by atoms with Gasteiger partial charge in [0, 0.05) is 18.7 Å². The Morgan fingerprint density at radius 1 is 1.48 bits per heavy atom. The number of carboxylic acid groups (broad SMARTS) is 1. The summed E-state index contributed by atoms with van der Waals surface area (Å²) in [4.78, 5) is 25.3. The van der Waals surface area contributed by atoms with Crippen molar-refractivity contribution in [2.24, 2.45) is 5.41 Å². The summed E-state index contributed by atoms with van der Waals surface area (Å²) in [6.45, 7) is 2.46. The van der Waals surface area contributed by atoms with Gasteiger partial charge in [0.15, 0.2) is 0 Å². The summed E-state index contributed by atoms with van der Waals surface area (Å²) in [7, 11) is 0. The number of carbonyl (C=O) groups is 2. The molecule has 1 N–H and O–H groups in total. The molecule has 0 saturated carbocycles. The van der Waals surface area contributed by atoms with Crippen molar-refractivity contribution in [1.82, 2.24) is 4.90 Å². The molecule has 1 aromatic rings. The molecule has 0 aromatic heterocycles. The fourth-order valence-corrected chi connectivity index (χ4v) is 2.94. The van der Waals surface area contributed by atoms with Gasteiger partial charge in [-0.05, 0) is 31.0 Å². The van der Waals surface area contributed by atoms with Crippen molar-refractivity contribution in [3.63, 3.8) is 0 Å². The van der Waals surface area contributed by atoms with Crippen LogP contribution in [0.25, 0.3) is 0 Å². The van der Waals surface area contributed by atoms with Crippen LogP contribution in [0.4, 0.5) is 4.39 Å². The van der Waals surface area contributed by atoms with Crippen molar-refractivity contribution in [3.05, 3.63) is 34.6 Å². The molecule has 1 fully saturated rings. The van der Waals surface area contributed by atoms with Gasteiger partial charge in [-0.15, -0.1) is 0 Å². The number of amides is 1. The number of carbonyl (C=O) groups excluding carboxylic acids is 1. The first-order chi connectivity index (χ1) is 9.89. The summed E-state index contributed by atoms with van der Waals surface area (Å²) in [5.74, 6) is -1.88. The number of rotatable bonds is 4. The topological polar surface area (TPSA) is 57.6 Å². The molecule has 114 valence electrons. The fraction of sp³-hybridized carbons (Fsp3) is 0.467. The second kappa shape index (κ2) is 6.02. The van der Waals surface area contributed by atoms with E-state index in [-0.39, 0.29) is 23.0 Å². The van der Waals surface area contributed by atoms with Gasteiger partial charge in [0.05, 0.1) is 10.4 Å². The minimum Gasteiger partial charge on any atom is -0.481 e. The van der Waals surface area contributed by atoms with E-state index in [1.807, 2.05) is 6.92 Å². The predicted molar refractivity (Wildman–Crippen MR) is 76.9 cm³/mol. The zero-order chi connectivity index (χ0) is 15.6. The molecule has 6 heteroatoms. The van der Waals surface area contributed by atoms with Crippen LogP contribution in [0.3, 0.4) is 0 Å². The Balaban J connectivity index is 2.18. The number of nitrogens with zero attached hydrogens (tertiary/aromatic N) is 1. The largest absolute Gasteiger partial charge is 0.481 e. The van der Waals surface area contributed by atoms with Crippen molar-refractivity contribution in [3.8, 4) is 0 Å². The lowest BCUT2D eigenvalue weighted by atomic mass is 9.83. The molecule has 0 bridgehead atoms. The lowest BCUT2D eigenvalue weighted by Crippen LogP contribution is -2.37. The van der Waals surface area contributed by atoms with E-state index >= 15 is 0 Å². The van der Waals surface area contributed by atoms with Gasteiger partial charge < -0.3 is 10.0 Å². The van der Waals surface area contributed by atoms with Crippen molar-refractivity contribution in [2.75, 3.05) is 13.1 Å². The van der Waals surface area contributed by atoms with E-state index in [1.54, 1.807) is 0 Å². The Bertz CT molecular complexity index is 578. The molecule has 4 nitrogen and oxygen atoms in total. The Kier molecular flexibility index (Phi) is 4.52. The smallest absolute Gasteiger partial charge is 0.311 e. The third-order valence-electron chi connectivity index (χ3n) is 3.99. The highest BCUT2D eigenvalue weighted by atomic mass is 35.5. The van der Waals surface area contributed by atoms with E-state index in [4.69, 9.17) is 11.6 Å². The van der Waals surface area contributed by atoms with Crippen LogP contribution in [0, 0.1) is 11.2 Å². The molecular weight excluding hydrogens is 297 g/mol. The molecule has 2 rings (SSSR count). The van der Waals surface area contributed by atoms with Gasteiger partial charge in [-0.3, -0.25) is 9.59 Å². The molecule has 1 saturated heterocycles. The predicted octanol–water partition coefficient (Wildman–Crippen LogP) is 3.20. The summed E-state index contributed by atoms with van der Waals surface area (Å²) in [6.07, 6.45) is 1.70. The third-order valence-corrected chi connectivity index (χ3v) is 4.30. The molecular formula is C15H17ClFNO3. The van der Waals surface area contributed by atoms with Crippen LogP contribution in [-0.2, 0) is 4.79 Å². The molecule has 1 amide bonds. The summed E-state index contributed by atoms with van der Waals surface area (Å²) in [6, 6.07) is 3.87. The monoisotopic (exact) mass is 313 g/mol. The lowest BCUT2D eigenvalue weighted by Gasteiger charge is -2.24. The summed E-state index contributed by atoms with van der Waals surface area (Å²) < 4.78 is 13.4. The first-order valence-electron chi connectivity index (χ1n) is 6.87. The van der Waals surface area contributed by atoms with Gasteiger partial charge in [0.1, 0.15) is 5.82 Å². The second-order valence-electron chi connectivity index (χ2n) is 5.44. The molecule has 1 aliphatic heterocycles. The third kappa shape index (κ3) is 3.02. The Morgan fingerprint density at radius 2 is 2.19 bits per heavy atom. The van der Waals surface area contributed by atoms with Crippen molar-refractivity contribution >= 4 is 23.5 Å². The van der Waals surface area contributed by atoms with Gasteiger partial charge in [-0.25, -0.2) is 4.39 Å². The number of likely N-dealkylation sites (tertiary alicyclic amines) is 1. The molecule has 1 aromatic carbocycles. The maximum atomic E-state index is 13.4. The van der Waals surface area contributed by atoms with Crippen molar-refractivity contribution in [2.45, 2.75) is 26.2 Å². The molecule has 1 atom stereocenters. The number of hydrogen-bond donors (Lipinski definition) is 1. The van der Waals surface area contributed by atoms with E-state index in [2.05, 4.69) is 0 Å². The van der Waals surface area contributed by atoms with Crippen LogP contribution in [0.5, 0.6) is 0 Å². The summed E-state index contributed by atoms with van der Waals surface area (Å²) in [5.41, 5.74) is -0.690. The van der Waals surface area contributed by atoms with Crippen molar-refractivity contribution in [1.29, 1.82) is 0 Å². The molecule has 0 aliphatic carbocycles. The summed E-state index contributed by atoms with van der Waals surface area (Å²) in [5, 5.41) is 9.39. The minimum absolute atomic E-state index is 0.0427. The van der Waals surface area contributed by atoms with E-state index in [1.165, 1.54) is 17.0 Å². The highest BCUT2D eigenvalue weighted by Gasteiger charge is 2.45. The van der Waals surface area contributed by atoms with E-state index in [0.29, 0.717) is 19.4 Å². The molecule has 21 heavy (non-hydrogen) atoms. The first kappa shape index (κ1) is 15.8. The van der Waals surface area contributed by atoms with Crippen LogP contribution in [0.1, 0.15) is 36.5 Å². The molecule has 1 unspecified atom stereocenters. The maximum absolute atomic E-state index is 13.4. The number of halogens is 2. The van der Waals surface area contributed by atoms with E-state index in [0.717, 1.165) is 12.5 Å². The molecule has 1 aliphatic rings. The van der Waals surface area contributed by atoms with Crippen LogP contribution >= 0.6 is 11.6 Å². The minimum atomic E-state index is -0.880. The van der Waals surface area contributed by atoms with E-state index < -0.39 is 17.2 Å². The Hall–Kier alpha value is -1.62.